The number of hydrogen-bond acceptors (Lipinski definition) is 5. The summed E-state index contributed by atoms with van der Waals surface area (Å²) in [6.07, 6.45) is -1.47. The highest BCUT2D eigenvalue weighted by atomic mass is 32.2. The van der Waals surface area contributed by atoms with Crippen LogP contribution >= 0.6 is 0 Å². The minimum Gasteiger partial charge on any atom is -0.444 e. The van der Waals surface area contributed by atoms with Gasteiger partial charge in [0.1, 0.15) is 11.7 Å². The monoisotopic (exact) mass is 481 g/mol. The standard InChI is InChI=1S/C27H31NO5S/c1-21-15-17-24(18-16-21)34(30,31)33-25(23-13-9-6-10-14-23)20-28(26(29)32-27(2,3)4)19-22-11-7-5-8-12-22/h5-18,25H,19-20H2,1-4H3. The second kappa shape index (κ2) is 10.8. The summed E-state index contributed by atoms with van der Waals surface area (Å²) in [6.45, 7) is 7.48. The summed E-state index contributed by atoms with van der Waals surface area (Å²) in [5.74, 6) is 0. The molecule has 1 unspecified atom stereocenters. The van der Waals surface area contributed by atoms with E-state index in [0.717, 1.165) is 11.1 Å². The Balaban J connectivity index is 1.94. The molecule has 0 radical (unpaired) electrons. The van der Waals surface area contributed by atoms with Crippen LogP contribution in [0.5, 0.6) is 0 Å². The smallest absolute Gasteiger partial charge is 0.410 e. The van der Waals surface area contributed by atoms with Crippen molar-refractivity contribution in [2.75, 3.05) is 6.54 Å². The van der Waals surface area contributed by atoms with Crippen LogP contribution in [0.2, 0.25) is 0 Å². The zero-order valence-corrected chi connectivity index (χ0v) is 20.8. The number of nitrogens with zero attached hydrogens (tertiary/aromatic N) is 1. The molecule has 0 N–H and O–H groups in total. The number of ether oxygens (including phenoxy) is 1. The van der Waals surface area contributed by atoms with Crippen LogP contribution in [0.25, 0.3) is 0 Å². The van der Waals surface area contributed by atoms with Gasteiger partial charge in [-0.1, -0.05) is 78.4 Å². The zero-order chi connectivity index (χ0) is 24.8. The van der Waals surface area contributed by atoms with E-state index < -0.39 is 27.9 Å². The van der Waals surface area contributed by atoms with Crippen LogP contribution in [-0.2, 0) is 25.6 Å². The van der Waals surface area contributed by atoms with Gasteiger partial charge in [0.15, 0.2) is 0 Å². The van der Waals surface area contributed by atoms with Gasteiger partial charge in [-0.2, -0.15) is 8.42 Å². The largest absolute Gasteiger partial charge is 0.444 e. The summed E-state index contributed by atoms with van der Waals surface area (Å²) in [5, 5.41) is 0. The fourth-order valence-electron chi connectivity index (χ4n) is 3.31. The molecule has 1 amide bonds. The summed E-state index contributed by atoms with van der Waals surface area (Å²) < 4.78 is 37.6. The van der Waals surface area contributed by atoms with Gasteiger partial charge in [0.2, 0.25) is 0 Å². The highest BCUT2D eigenvalue weighted by Gasteiger charge is 2.29. The Bertz CT molecular complexity index is 1170. The van der Waals surface area contributed by atoms with Crippen LogP contribution in [-0.4, -0.2) is 31.6 Å². The molecule has 0 aliphatic carbocycles. The van der Waals surface area contributed by atoms with Gasteiger partial charge in [0.25, 0.3) is 10.1 Å². The average molecular weight is 482 g/mol. The summed E-state index contributed by atoms with van der Waals surface area (Å²) in [7, 11) is -4.08. The van der Waals surface area contributed by atoms with Gasteiger partial charge in [0.05, 0.1) is 11.4 Å². The van der Waals surface area contributed by atoms with Crippen LogP contribution in [0, 0.1) is 6.92 Å². The van der Waals surface area contributed by atoms with Crippen molar-refractivity contribution in [1.82, 2.24) is 4.90 Å². The Morgan fingerprint density at radius 1 is 0.882 bits per heavy atom. The highest BCUT2D eigenvalue weighted by Crippen LogP contribution is 2.26. The first-order chi connectivity index (χ1) is 16.0. The summed E-state index contributed by atoms with van der Waals surface area (Å²) >= 11 is 0. The molecule has 0 aliphatic heterocycles. The summed E-state index contributed by atoms with van der Waals surface area (Å²) in [6, 6.07) is 24.9. The molecule has 3 rings (SSSR count). The Morgan fingerprint density at radius 3 is 2.00 bits per heavy atom. The lowest BCUT2D eigenvalue weighted by molar-refractivity contribution is 0.0151. The predicted molar refractivity (Wildman–Crippen MR) is 132 cm³/mol. The van der Waals surface area contributed by atoms with Gasteiger partial charge in [0, 0.05) is 6.54 Å². The molecule has 6 nitrogen and oxygen atoms in total. The van der Waals surface area contributed by atoms with Crippen molar-refractivity contribution in [3.8, 4) is 0 Å². The van der Waals surface area contributed by atoms with E-state index in [0.29, 0.717) is 5.56 Å². The number of benzene rings is 3. The molecule has 0 bridgehead atoms. The third kappa shape index (κ3) is 7.43. The minimum absolute atomic E-state index is 0.0150. The van der Waals surface area contributed by atoms with Crippen molar-refractivity contribution in [3.05, 3.63) is 102 Å². The molecule has 3 aromatic rings. The molecule has 7 heteroatoms. The van der Waals surface area contributed by atoms with E-state index in [9.17, 15) is 13.2 Å². The van der Waals surface area contributed by atoms with Crippen molar-refractivity contribution in [3.63, 3.8) is 0 Å². The molecule has 0 fully saturated rings. The lowest BCUT2D eigenvalue weighted by Gasteiger charge is -2.30. The molecule has 0 spiro atoms. The molecule has 1 atom stereocenters. The number of aryl methyl sites for hydroxylation is 1. The second-order valence-corrected chi connectivity index (χ2v) is 10.7. The van der Waals surface area contributed by atoms with Crippen molar-refractivity contribution in [2.24, 2.45) is 0 Å². The predicted octanol–water partition coefficient (Wildman–Crippen LogP) is 5.88. The number of rotatable bonds is 8. The van der Waals surface area contributed by atoms with Crippen molar-refractivity contribution >= 4 is 16.2 Å². The molecule has 0 saturated carbocycles. The molecule has 0 heterocycles. The van der Waals surface area contributed by atoms with E-state index in [1.54, 1.807) is 57.2 Å². The fraction of sp³-hybridized carbons (Fsp3) is 0.296. The molecular weight excluding hydrogens is 450 g/mol. The Labute approximate surface area is 202 Å². The lowest BCUT2D eigenvalue weighted by Crippen LogP contribution is -2.39. The summed E-state index contributed by atoms with van der Waals surface area (Å²) in [5.41, 5.74) is 1.77. The number of carbonyl (C=O) groups is 1. The van der Waals surface area contributed by atoms with E-state index in [-0.39, 0.29) is 18.0 Å². The van der Waals surface area contributed by atoms with Crippen molar-refractivity contribution in [1.29, 1.82) is 0 Å². The van der Waals surface area contributed by atoms with Crippen LogP contribution in [0.4, 0.5) is 4.79 Å². The summed E-state index contributed by atoms with van der Waals surface area (Å²) in [4.78, 5) is 14.6. The van der Waals surface area contributed by atoms with Crippen molar-refractivity contribution < 1.29 is 22.1 Å². The number of hydrogen-bond donors (Lipinski definition) is 0. The van der Waals surface area contributed by atoms with Gasteiger partial charge in [-0.3, -0.25) is 4.18 Å². The normalized spacial score (nSPS) is 12.7. The molecule has 0 aromatic heterocycles. The first-order valence-corrected chi connectivity index (χ1v) is 12.5. The van der Waals surface area contributed by atoms with Gasteiger partial charge in [-0.25, -0.2) is 4.79 Å². The first kappa shape index (κ1) is 25.5. The van der Waals surface area contributed by atoms with Crippen LogP contribution in [0.3, 0.4) is 0 Å². The molecule has 34 heavy (non-hydrogen) atoms. The maximum atomic E-state index is 13.1. The Morgan fingerprint density at radius 2 is 1.44 bits per heavy atom. The van der Waals surface area contributed by atoms with Gasteiger partial charge in [-0.05, 0) is 51.0 Å². The molecule has 3 aromatic carbocycles. The maximum absolute atomic E-state index is 13.1. The van der Waals surface area contributed by atoms with E-state index in [1.807, 2.05) is 43.3 Å². The third-order valence-electron chi connectivity index (χ3n) is 4.98. The average Bonchev–Trinajstić information content (AvgIpc) is 2.78. The quantitative estimate of drug-likeness (QED) is 0.376. The lowest BCUT2D eigenvalue weighted by atomic mass is 10.1. The Kier molecular flexibility index (Phi) is 8.12. The molecule has 0 aliphatic rings. The van der Waals surface area contributed by atoms with E-state index in [4.69, 9.17) is 8.92 Å². The zero-order valence-electron chi connectivity index (χ0n) is 20.0. The topological polar surface area (TPSA) is 72.9 Å². The van der Waals surface area contributed by atoms with Crippen molar-refractivity contribution in [2.45, 2.75) is 50.8 Å². The van der Waals surface area contributed by atoms with Gasteiger partial charge in [-0.15, -0.1) is 0 Å². The van der Waals surface area contributed by atoms with Crippen LogP contribution < -0.4 is 0 Å². The third-order valence-corrected chi connectivity index (χ3v) is 6.31. The molecule has 180 valence electrons. The second-order valence-electron chi connectivity index (χ2n) is 9.11. The number of carbonyl (C=O) groups excluding carboxylic acids is 1. The van der Waals surface area contributed by atoms with Crippen LogP contribution in [0.1, 0.15) is 43.6 Å². The maximum Gasteiger partial charge on any atom is 0.410 e. The van der Waals surface area contributed by atoms with Crippen LogP contribution in [0.15, 0.2) is 89.8 Å². The minimum atomic E-state index is -4.08. The molecule has 0 saturated heterocycles. The van der Waals surface area contributed by atoms with E-state index in [1.165, 1.54) is 17.0 Å². The Hall–Kier alpha value is -3.16. The molecular formula is C27H31NO5S. The highest BCUT2D eigenvalue weighted by molar-refractivity contribution is 7.86. The SMILES string of the molecule is Cc1ccc(S(=O)(=O)OC(CN(Cc2ccccc2)C(=O)OC(C)(C)C)c2ccccc2)cc1. The van der Waals surface area contributed by atoms with E-state index >= 15 is 0 Å². The first-order valence-electron chi connectivity index (χ1n) is 11.1. The van der Waals surface area contributed by atoms with E-state index in [2.05, 4.69) is 0 Å². The fourth-order valence-corrected chi connectivity index (χ4v) is 4.36. The van der Waals surface area contributed by atoms with Gasteiger partial charge >= 0.3 is 6.09 Å². The number of amides is 1. The van der Waals surface area contributed by atoms with Gasteiger partial charge < -0.3 is 9.64 Å².